The first-order valence-corrected chi connectivity index (χ1v) is 12.3. The Morgan fingerprint density at radius 3 is 2.79 bits per heavy atom. The molecule has 0 spiro atoms. The van der Waals surface area contributed by atoms with Crippen molar-refractivity contribution in [1.29, 1.82) is 0 Å². The first-order valence-electron chi connectivity index (χ1n) is 11.5. The molecule has 1 aliphatic carbocycles. The molecular weight excluding hydrogens is 458 g/mol. The molecular formula is C24H24F2N6OS. The fraction of sp³-hybridized carbons (Fsp3) is 0.375. The van der Waals surface area contributed by atoms with Crippen molar-refractivity contribution < 1.29 is 13.6 Å². The number of aryl methyl sites for hydroxylation is 1. The second kappa shape index (κ2) is 8.28. The molecule has 7 nitrogen and oxygen atoms in total. The van der Waals surface area contributed by atoms with Gasteiger partial charge in [0.1, 0.15) is 16.9 Å². The van der Waals surface area contributed by atoms with Crippen LogP contribution >= 0.6 is 11.5 Å². The number of rotatable bonds is 5. The van der Waals surface area contributed by atoms with Gasteiger partial charge in [-0.25, -0.2) is 13.8 Å². The molecule has 0 radical (unpaired) electrons. The molecule has 1 aromatic carbocycles. The van der Waals surface area contributed by atoms with Crippen LogP contribution in [0, 0.1) is 18.6 Å². The summed E-state index contributed by atoms with van der Waals surface area (Å²) in [5, 5.41) is 8.94. The normalized spacial score (nSPS) is 18.7. The SMILES string of the molecule is Cc1cn2cc(NC(=O)c3c(F)cc(N4CC[C@@H](NC5CCC5)C4)c4csnc34)cc(F)c2n1. The molecule has 3 aromatic heterocycles. The van der Waals surface area contributed by atoms with Gasteiger partial charge in [-0.1, -0.05) is 6.42 Å². The van der Waals surface area contributed by atoms with Gasteiger partial charge in [-0.15, -0.1) is 0 Å². The Balaban J connectivity index is 1.28. The molecule has 0 unspecified atom stereocenters. The van der Waals surface area contributed by atoms with Gasteiger partial charge in [-0.3, -0.25) is 4.79 Å². The highest BCUT2D eigenvalue weighted by Gasteiger charge is 2.30. The molecule has 4 heterocycles. The zero-order valence-electron chi connectivity index (χ0n) is 18.6. The fourth-order valence-electron chi connectivity index (χ4n) is 4.92. The van der Waals surface area contributed by atoms with Gasteiger partial charge in [-0.2, -0.15) is 4.37 Å². The van der Waals surface area contributed by atoms with Crippen LogP contribution in [0.2, 0.25) is 0 Å². The van der Waals surface area contributed by atoms with Crippen molar-refractivity contribution in [1.82, 2.24) is 19.1 Å². The van der Waals surface area contributed by atoms with Gasteiger partial charge in [0.2, 0.25) is 0 Å². The average molecular weight is 483 g/mol. The molecule has 176 valence electrons. The number of halogens is 2. The summed E-state index contributed by atoms with van der Waals surface area (Å²) in [5.74, 6) is -1.87. The quantitative estimate of drug-likeness (QED) is 0.438. The van der Waals surface area contributed by atoms with Crippen LogP contribution in [0.5, 0.6) is 0 Å². The minimum absolute atomic E-state index is 0.134. The van der Waals surface area contributed by atoms with E-state index in [-0.39, 0.29) is 16.9 Å². The predicted octanol–water partition coefficient (Wildman–Crippen LogP) is 4.50. The van der Waals surface area contributed by atoms with Gasteiger partial charge < -0.3 is 19.9 Å². The molecule has 1 amide bonds. The molecule has 0 bridgehead atoms. The van der Waals surface area contributed by atoms with E-state index < -0.39 is 17.5 Å². The molecule has 2 aliphatic rings. The van der Waals surface area contributed by atoms with Crippen molar-refractivity contribution in [2.45, 2.75) is 44.7 Å². The van der Waals surface area contributed by atoms with Gasteiger partial charge >= 0.3 is 0 Å². The number of carbonyl (C=O) groups excluding carboxylic acids is 1. The van der Waals surface area contributed by atoms with Gasteiger partial charge in [-0.05, 0) is 43.8 Å². The first-order chi connectivity index (χ1) is 16.5. The number of nitrogens with zero attached hydrogens (tertiary/aromatic N) is 4. The summed E-state index contributed by atoms with van der Waals surface area (Å²) in [6, 6.07) is 3.60. The lowest BCUT2D eigenvalue weighted by atomic mass is 9.92. The third-order valence-corrected chi connectivity index (χ3v) is 7.43. The van der Waals surface area contributed by atoms with E-state index in [1.54, 1.807) is 19.3 Å². The van der Waals surface area contributed by atoms with Crippen molar-refractivity contribution in [2.75, 3.05) is 23.3 Å². The number of fused-ring (bicyclic) bond motifs is 2. The topological polar surface area (TPSA) is 74.6 Å². The Hall–Kier alpha value is -3.11. The lowest BCUT2D eigenvalue weighted by Gasteiger charge is -2.30. The van der Waals surface area contributed by atoms with Crippen LogP contribution in [0.4, 0.5) is 20.2 Å². The van der Waals surface area contributed by atoms with Gasteiger partial charge in [0, 0.05) is 54.4 Å². The molecule has 1 aliphatic heterocycles. The van der Waals surface area contributed by atoms with E-state index >= 15 is 4.39 Å². The van der Waals surface area contributed by atoms with E-state index in [9.17, 15) is 9.18 Å². The van der Waals surface area contributed by atoms with Crippen molar-refractivity contribution in [3.63, 3.8) is 0 Å². The van der Waals surface area contributed by atoms with Crippen molar-refractivity contribution in [3.05, 3.63) is 52.8 Å². The van der Waals surface area contributed by atoms with E-state index in [0.717, 1.165) is 30.6 Å². The van der Waals surface area contributed by atoms with E-state index in [0.29, 0.717) is 23.3 Å². The molecule has 6 rings (SSSR count). The lowest BCUT2D eigenvalue weighted by molar-refractivity contribution is 0.102. The largest absolute Gasteiger partial charge is 0.369 e. The van der Waals surface area contributed by atoms with Crippen molar-refractivity contribution in [3.8, 4) is 0 Å². The lowest BCUT2D eigenvalue weighted by Crippen LogP contribution is -2.43. The molecule has 1 atom stereocenters. The minimum atomic E-state index is -0.665. The Kier molecular flexibility index (Phi) is 5.22. The zero-order valence-corrected chi connectivity index (χ0v) is 19.5. The van der Waals surface area contributed by atoms with E-state index in [2.05, 4.69) is 24.9 Å². The van der Waals surface area contributed by atoms with Crippen LogP contribution < -0.4 is 15.5 Å². The summed E-state index contributed by atoms with van der Waals surface area (Å²) in [5.41, 5.74) is 1.99. The molecule has 2 fully saturated rings. The highest BCUT2D eigenvalue weighted by Crippen LogP contribution is 2.35. The standard InChI is InChI=1S/C24H24F2N6OS/c1-13-9-32-11-16(7-19(26)23(32)27-13)29-24(33)21-18(25)8-20(17-12-34-30-22(17)21)31-6-5-15(10-31)28-14-3-2-4-14/h7-9,11-12,14-15,28H,2-6,10H2,1H3,(H,29,33)/t15-/m1/s1. The molecule has 10 heteroatoms. The number of anilines is 2. The molecule has 1 saturated heterocycles. The third-order valence-electron chi connectivity index (χ3n) is 6.80. The number of hydrogen-bond acceptors (Lipinski definition) is 6. The maximum Gasteiger partial charge on any atom is 0.260 e. The number of benzene rings is 1. The van der Waals surface area contributed by atoms with Crippen LogP contribution in [0.25, 0.3) is 16.6 Å². The Morgan fingerprint density at radius 2 is 2.00 bits per heavy atom. The number of aromatic nitrogens is 3. The van der Waals surface area contributed by atoms with Crippen LogP contribution in [-0.4, -0.2) is 44.8 Å². The van der Waals surface area contributed by atoms with E-state index in [1.807, 2.05) is 5.38 Å². The Labute approximate surface area is 198 Å². The van der Waals surface area contributed by atoms with Crippen LogP contribution in [0.1, 0.15) is 41.7 Å². The number of hydrogen-bond donors (Lipinski definition) is 2. The Bertz CT molecular complexity index is 1410. The van der Waals surface area contributed by atoms with E-state index in [4.69, 9.17) is 0 Å². The first kappa shape index (κ1) is 21.4. The highest BCUT2D eigenvalue weighted by atomic mass is 32.1. The van der Waals surface area contributed by atoms with E-state index in [1.165, 1.54) is 47.3 Å². The van der Waals surface area contributed by atoms with Crippen molar-refractivity contribution >= 4 is 45.4 Å². The predicted molar refractivity (Wildman–Crippen MR) is 129 cm³/mol. The second-order valence-electron chi connectivity index (χ2n) is 9.20. The smallest absolute Gasteiger partial charge is 0.260 e. The second-order valence-corrected chi connectivity index (χ2v) is 9.83. The molecule has 1 saturated carbocycles. The molecule has 2 N–H and O–H groups in total. The molecule has 34 heavy (non-hydrogen) atoms. The van der Waals surface area contributed by atoms with Crippen molar-refractivity contribution in [2.24, 2.45) is 0 Å². The number of pyridine rings is 1. The number of imidazole rings is 1. The highest BCUT2D eigenvalue weighted by molar-refractivity contribution is 7.05. The Morgan fingerprint density at radius 1 is 1.15 bits per heavy atom. The van der Waals surface area contributed by atoms with Crippen LogP contribution in [0.15, 0.2) is 29.9 Å². The van der Waals surface area contributed by atoms with Crippen LogP contribution in [-0.2, 0) is 0 Å². The van der Waals surface area contributed by atoms with Gasteiger partial charge in [0.15, 0.2) is 11.5 Å². The summed E-state index contributed by atoms with van der Waals surface area (Å²) in [7, 11) is 0. The molecule has 4 aromatic rings. The summed E-state index contributed by atoms with van der Waals surface area (Å²) in [6.45, 7) is 3.38. The van der Waals surface area contributed by atoms with Gasteiger partial charge in [0.05, 0.1) is 17.1 Å². The minimum Gasteiger partial charge on any atom is -0.369 e. The average Bonchev–Trinajstić information content (AvgIpc) is 3.49. The number of nitrogens with one attached hydrogen (secondary N) is 2. The third kappa shape index (κ3) is 3.70. The number of amides is 1. The summed E-state index contributed by atoms with van der Waals surface area (Å²) in [4.78, 5) is 19.4. The monoisotopic (exact) mass is 482 g/mol. The van der Waals surface area contributed by atoms with Gasteiger partial charge in [0.25, 0.3) is 5.91 Å². The maximum atomic E-state index is 15.3. The maximum absolute atomic E-state index is 15.3. The fourth-order valence-corrected chi connectivity index (χ4v) is 5.61. The summed E-state index contributed by atoms with van der Waals surface area (Å²) in [6.07, 6.45) is 7.95. The number of carbonyl (C=O) groups is 1. The summed E-state index contributed by atoms with van der Waals surface area (Å²) >= 11 is 1.19. The zero-order chi connectivity index (χ0) is 23.4. The summed E-state index contributed by atoms with van der Waals surface area (Å²) < 4.78 is 35.6. The van der Waals surface area contributed by atoms with Crippen LogP contribution in [0.3, 0.4) is 0 Å².